The quantitative estimate of drug-likeness (QED) is 0.0426. The SMILES string of the molecule is C=CCOC(=O)C(C)(C)CC.CCC(C)(C)C(=O)OCCOC(=O)C1CCCCC1C(=O)O.CCC(C)C(=O)Nc1ccc(S(=O)(=O)Nc2ccc(C(C)=O)cc2)cc1. The minimum Gasteiger partial charge on any atom is -0.481 e. The molecule has 3 atom stereocenters. The summed E-state index contributed by atoms with van der Waals surface area (Å²) in [6.45, 7) is 20.1. The fourth-order valence-corrected chi connectivity index (χ4v) is 6.12. The van der Waals surface area contributed by atoms with Crippen LogP contribution in [-0.2, 0) is 48.2 Å². The van der Waals surface area contributed by atoms with E-state index >= 15 is 0 Å². The van der Waals surface area contributed by atoms with Crippen molar-refractivity contribution in [3.05, 3.63) is 66.7 Å². The van der Waals surface area contributed by atoms with Crippen molar-refractivity contribution in [1.82, 2.24) is 0 Å². The summed E-state index contributed by atoms with van der Waals surface area (Å²) in [4.78, 5) is 69.3. The summed E-state index contributed by atoms with van der Waals surface area (Å²) < 4.78 is 42.4. The van der Waals surface area contributed by atoms with Crippen LogP contribution in [0.5, 0.6) is 0 Å². The van der Waals surface area contributed by atoms with E-state index in [1.54, 1.807) is 44.2 Å². The second kappa shape index (κ2) is 24.8. The number of nitrogens with one attached hydrogen (secondary N) is 2. The van der Waals surface area contributed by atoms with E-state index in [-0.39, 0.29) is 53.1 Å². The lowest BCUT2D eigenvalue weighted by Gasteiger charge is -2.26. The van der Waals surface area contributed by atoms with E-state index in [1.807, 2.05) is 41.5 Å². The van der Waals surface area contributed by atoms with Gasteiger partial charge in [-0.3, -0.25) is 33.5 Å². The Bertz CT molecular complexity index is 1820. The van der Waals surface area contributed by atoms with Crippen molar-refractivity contribution in [2.45, 2.75) is 112 Å². The van der Waals surface area contributed by atoms with Crippen LogP contribution in [0.3, 0.4) is 0 Å². The fourth-order valence-electron chi connectivity index (χ4n) is 5.06. The molecule has 0 saturated heterocycles. The van der Waals surface area contributed by atoms with E-state index in [1.165, 1.54) is 31.2 Å². The number of carboxylic acids is 1. The van der Waals surface area contributed by atoms with Gasteiger partial charge in [0.05, 0.1) is 27.6 Å². The van der Waals surface area contributed by atoms with Crippen molar-refractivity contribution in [2.24, 2.45) is 28.6 Å². The molecule has 1 saturated carbocycles. The number of anilines is 2. The van der Waals surface area contributed by atoms with Crippen molar-refractivity contribution in [3.8, 4) is 0 Å². The number of esters is 3. The average molecular weight is 845 g/mol. The maximum Gasteiger partial charge on any atom is 0.311 e. The number of ether oxygens (including phenoxy) is 3. The second-order valence-corrected chi connectivity index (χ2v) is 17.2. The zero-order valence-corrected chi connectivity index (χ0v) is 36.9. The molecule has 1 fully saturated rings. The summed E-state index contributed by atoms with van der Waals surface area (Å²) in [5, 5.41) is 11.9. The molecule has 0 aliphatic heterocycles. The molecular weight excluding hydrogens is 781 g/mol. The molecule has 0 aromatic heterocycles. The van der Waals surface area contributed by atoms with Crippen LogP contribution in [0.15, 0.2) is 66.1 Å². The lowest BCUT2D eigenvalue weighted by molar-refractivity contribution is -0.164. The van der Waals surface area contributed by atoms with Gasteiger partial charge in [0.1, 0.15) is 19.8 Å². The van der Waals surface area contributed by atoms with Crippen molar-refractivity contribution < 1.29 is 56.5 Å². The van der Waals surface area contributed by atoms with Crippen molar-refractivity contribution in [2.75, 3.05) is 29.9 Å². The third-order valence-corrected chi connectivity index (χ3v) is 11.6. The Morgan fingerprint density at radius 3 is 1.76 bits per heavy atom. The number of aliphatic carboxylic acids is 1. The van der Waals surface area contributed by atoms with E-state index in [0.29, 0.717) is 42.8 Å². The molecule has 15 heteroatoms. The number of hydrogen-bond acceptors (Lipinski definition) is 11. The van der Waals surface area contributed by atoms with Gasteiger partial charge in [-0.25, -0.2) is 8.42 Å². The Morgan fingerprint density at radius 1 is 0.797 bits per heavy atom. The van der Waals surface area contributed by atoms with Crippen molar-refractivity contribution in [3.63, 3.8) is 0 Å². The number of carbonyl (C=O) groups is 6. The number of rotatable bonds is 18. The zero-order valence-electron chi connectivity index (χ0n) is 36.1. The number of sulfonamides is 1. The molecule has 0 radical (unpaired) electrons. The minimum absolute atomic E-state index is 0.00153. The molecule has 1 aliphatic carbocycles. The zero-order chi connectivity index (χ0) is 45.0. The maximum atomic E-state index is 12.4. The van der Waals surface area contributed by atoms with Crippen LogP contribution in [0, 0.1) is 28.6 Å². The number of benzene rings is 2. The summed E-state index contributed by atoms with van der Waals surface area (Å²) in [7, 11) is -3.76. The van der Waals surface area contributed by atoms with E-state index in [4.69, 9.17) is 19.3 Å². The normalized spacial score (nSPS) is 15.6. The molecule has 328 valence electrons. The highest BCUT2D eigenvalue weighted by Gasteiger charge is 2.37. The lowest BCUT2D eigenvalue weighted by atomic mass is 9.79. The summed E-state index contributed by atoms with van der Waals surface area (Å²) in [6, 6.07) is 12.2. The summed E-state index contributed by atoms with van der Waals surface area (Å²) >= 11 is 0. The number of hydrogen-bond donors (Lipinski definition) is 3. The number of ketones is 1. The van der Waals surface area contributed by atoms with Crippen LogP contribution in [0.25, 0.3) is 0 Å². The number of carbonyl (C=O) groups excluding carboxylic acids is 5. The first-order valence-corrected chi connectivity index (χ1v) is 21.4. The van der Waals surface area contributed by atoms with E-state index in [2.05, 4.69) is 16.6 Å². The summed E-state index contributed by atoms with van der Waals surface area (Å²) in [6.07, 6.45) is 6.46. The van der Waals surface area contributed by atoms with Crippen LogP contribution in [0.2, 0.25) is 0 Å². The van der Waals surface area contributed by atoms with Gasteiger partial charge in [-0.2, -0.15) is 0 Å². The number of amides is 1. The van der Waals surface area contributed by atoms with Gasteiger partial charge in [-0.1, -0.05) is 53.2 Å². The Labute approximate surface area is 349 Å². The first-order valence-electron chi connectivity index (χ1n) is 20.0. The van der Waals surface area contributed by atoms with Gasteiger partial charge in [0.15, 0.2) is 5.78 Å². The first kappa shape index (κ1) is 52.0. The standard InChI is InChI=1S/C19H22N2O4S.C16H26O6.C9H16O2/c1-4-13(2)19(23)20-16-9-11-18(12-10-16)26(24,25)21-17-7-5-15(6-8-17)14(3)22;1-4-16(2,3)15(20)22-10-9-21-14(19)12-8-6-5-7-11(12)13(17)18;1-5-7-11-8(10)9(3,4)6-2/h5-13,21H,4H2,1-3H3,(H,20,23);11-12H,4-10H2,1-3H3,(H,17,18);5H,1,6-7H2,2-4H3. The summed E-state index contributed by atoms with van der Waals surface area (Å²) in [5.74, 6) is -3.49. The predicted octanol–water partition coefficient (Wildman–Crippen LogP) is 8.23. The molecule has 0 spiro atoms. The molecule has 14 nitrogen and oxygen atoms in total. The largest absolute Gasteiger partial charge is 0.481 e. The van der Waals surface area contributed by atoms with Gasteiger partial charge in [0, 0.05) is 22.9 Å². The number of Topliss-reactive ketones (excluding diaryl/α,β-unsaturated/α-hetero) is 1. The molecule has 1 amide bonds. The predicted molar refractivity (Wildman–Crippen MR) is 226 cm³/mol. The average Bonchev–Trinajstić information content (AvgIpc) is 3.21. The first-order chi connectivity index (χ1) is 27.6. The molecule has 3 unspecified atom stereocenters. The molecule has 1 aliphatic rings. The van der Waals surface area contributed by atoms with Crippen LogP contribution >= 0.6 is 0 Å². The van der Waals surface area contributed by atoms with Gasteiger partial charge < -0.3 is 24.6 Å². The molecule has 59 heavy (non-hydrogen) atoms. The van der Waals surface area contributed by atoms with Gasteiger partial charge in [-0.15, -0.1) is 0 Å². The van der Waals surface area contributed by atoms with Crippen molar-refractivity contribution in [1.29, 1.82) is 0 Å². The summed E-state index contributed by atoms with van der Waals surface area (Å²) in [5.41, 5.74) is 0.503. The van der Waals surface area contributed by atoms with E-state index in [9.17, 15) is 37.2 Å². The van der Waals surface area contributed by atoms with Gasteiger partial charge >= 0.3 is 23.9 Å². The van der Waals surface area contributed by atoms with Gasteiger partial charge in [0.2, 0.25) is 5.91 Å². The smallest absolute Gasteiger partial charge is 0.311 e. The van der Waals surface area contributed by atoms with Crippen LogP contribution in [0.4, 0.5) is 11.4 Å². The maximum absolute atomic E-state index is 12.4. The van der Waals surface area contributed by atoms with Gasteiger partial charge in [0.25, 0.3) is 10.0 Å². The molecule has 0 bridgehead atoms. The molecular formula is C44H64N2O12S. The van der Waals surface area contributed by atoms with E-state index in [0.717, 1.165) is 25.7 Å². The molecule has 3 rings (SSSR count). The highest BCUT2D eigenvalue weighted by atomic mass is 32.2. The molecule has 0 heterocycles. The van der Waals surface area contributed by atoms with E-state index < -0.39 is 39.2 Å². The molecule has 3 N–H and O–H groups in total. The minimum atomic E-state index is -3.76. The van der Waals surface area contributed by atoms with Crippen LogP contribution in [-0.4, -0.2) is 68.9 Å². The highest BCUT2D eigenvalue weighted by molar-refractivity contribution is 7.92. The Hall–Kier alpha value is -5.05. The third-order valence-electron chi connectivity index (χ3n) is 10.2. The number of carboxylic acid groups (broad SMARTS) is 1. The fraction of sp³-hybridized carbons (Fsp3) is 0.545. The highest BCUT2D eigenvalue weighted by Crippen LogP contribution is 2.31. The van der Waals surface area contributed by atoms with Crippen LogP contribution in [0.1, 0.15) is 118 Å². The van der Waals surface area contributed by atoms with Crippen LogP contribution < -0.4 is 10.0 Å². The molecule has 2 aromatic carbocycles. The second-order valence-electron chi connectivity index (χ2n) is 15.6. The van der Waals surface area contributed by atoms with Gasteiger partial charge in [-0.05, 0) is 115 Å². The Morgan fingerprint density at radius 2 is 1.29 bits per heavy atom. The van der Waals surface area contributed by atoms with Crippen molar-refractivity contribution >= 4 is 57.0 Å². The Kier molecular flexibility index (Phi) is 21.8. The third kappa shape index (κ3) is 17.8. The monoisotopic (exact) mass is 844 g/mol. The lowest BCUT2D eigenvalue weighted by Crippen LogP contribution is -2.34. The Balaban J connectivity index is 0.000000478. The topological polar surface area (TPSA) is 209 Å². The molecule has 2 aromatic rings.